The van der Waals surface area contributed by atoms with Gasteiger partial charge in [0.15, 0.2) is 0 Å². The molecule has 2 aromatic carbocycles. The molecule has 25 heavy (non-hydrogen) atoms. The average molecular weight is 339 g/mol. The summed E-state index contributed by atoms with van der Waals surface area (Å²) in [4.78, 5) is 11.8. The molecule has 0 spiro atoms. The Balaban J connectivity index is 1.68. The second kappa shape index (κ2) is 10.2. The molecule has 1 amide bonds. The molecule has 0 aliphatic carbocycles. The van der Waals surface area contributed by atoms with Crippen molar-refractivity contribution in [1.29, 1.82) is 0 Å². The van der Waals surface area contributed by atoms with Crippen molar-refractivity contribution in [2.45, 2.75) is 20.3 Å². The van der Waals surface area contributed by atoms with Crippen molar-refractivity contribution in [3.8, 4) is 11.5 Å². The normalized spacial score (nSPS) is 10.6. The van der Waals surface area contributed by atoms with E-state index in [1.807, 2.05) is 55.5 Å². The lowest BCUT2D eigenvalue weighted by molar-refractivity contribution is -0.116. The van der Waals surface area contributed by atoms with Crippen LogP contribution in [0.4, 0.5) is 0 Å². The molecule has 132 valence electrons. The Morgan fingerprint density at radius 1 is 0.960 bits per heavy atom. The van der Waals surface area contributed by atoms with E-state index in [9.17, 15) is 4.79 Å². The van der Waals surface area contributed by atoms with Gasteiger partial charge in [-0.3, -0.25) is 4.79 Å². The zero-order chi connectivity index (χ0) is 17.9. The third-order valence-corrected chi connectivity index (χ3v) is 3.47. The number of benzene rings is 2. The van der Waals surface area contributed by atoms with Gasteiger partial charge in [0.25, 0.3) is 0 Å². The maximum atomic E-state index is 11.8. The number of nitrogens with one attached hydrogen (secondary N) is 1. The Morgan fingerprint density at radius 3 is 2.20 bits per heavy atom. The third-order valence-electron chi connectivity index (χ3n) is 3.47. The van der Waals surface area contributed by atoms with E-state index in [0.29, 0.717) is 19.8 Å². The summed E-state index contributed by atoms with van der Waals surface area (Å²) >= 11 is 0. The molecule has 1 N–H and O–H groups in total. The highest BCUT2D eigenvalue weighted by Gasteiger charge is 1.97. The second-order valence-electron chi connectivity index (χ2n) is 5.70. The molecule has 0 saturated heterocycles. The Bertz CT molecular complexity index is 675. The quantitative estimate of drug-likeness (QED) is 0.555. The molecule has 2 aromatic rings. The number of ether oxygens (including phenoxy) is 2. The number of carbonyl (C=O) groups excluding carboxylic acids is 1. The van der Waals surface area contributed by atoms with Crippen molar-refractivity contribution in [2.24, 2.45) is 0 Å². The SMILES string of the molecule is CCCOc1ccc(/C=C/C(=O)NCCOc2ccc(C)cc2)cc1. The van der Waals surface area contributed by atoms with Crippen LogP contribution in [0.5, 0.6) is 11.5 Å². The van der Waals surface area contributed by atoms with Crippen LogP contribution < -0.4 is 14.8 Å². The molecule has 0 fully saturated rings. The van der Waals surface area contributed by atoms with Crippen molar-refractivity contribution in [1.82, 2.24) is 5.32 Å². The molecule has 0 aliphatic heterocycles. The molecule has 2 rings (SSSR count). The van der Waals surface area contributed by atoms with Gasteiger partial charge in [0.1, 0.15) is 18.1 Å². The minimum Gasteiger partial charge on any atom is -0.494 e. The fraction of sp³-hybridized carbons (Fsp3) is 0.286. The lowest BCUT2D eigenvalue weighted by atomic mass is 10.2. The molecule has 4 heteroatoms. The number of hydrogen-bond donors (Lipinski definition) is 1. The highest BCUT2D eigenvalue weighted by atomic mass is 16.5. The Morgan fingerprint density at radius 2 is 1.56 bits per heavy atom. The Kier molecular flexibility index (Phi) is 7.57. The van der Waals surface area contributed by atoms with Gasteiger partial charge in [-0.2, -0.15) is 0 Å². The zero-order valence-electron chi connectivity index (χ0n) is 14.8. The summed E-state index contributed by atoms with van der Waals surface area (Å²) in [7, 11) is 0. The molecule has 4 nitrogen and oxygen atoms in total. The molecule has 0 radical (unpaired) electrons. The van der Waals surface area contributed by atoms with Crippen LogP contribution in [0.1, 0.15) is 24.5 Å². The van der Waals surface area contributed by atoms with Gasteiger partial charge in [0.2, 0.25) is 5.91 Å². The number of amides is 1. The third kappa shape index (κ3) is 7.12. The van der Waals surface area contributed by atoms with E-state index in [1.165, 1.54) is 11.6 Å². The lowest BCUT2D eigenvalue weighted by Gasteiger charge is -2.06. The number of carbonyl (C=O) groups is 1. The van der Waals surface area contributed by atoms with Crippen molar-refractivity contribution in [3.63, 3.8) is 0 Å². The lowest BCUT2D eigenvalue weighted by Crippen LogP contribution is -2.26. The molecular weight excluding hydrogens is 314 g/mol. The summed E-state index contributed by atoms with van der Waals surface area (Å²) in [5, 5.41) is 2.80. The summed E-state index contributed by atoms with van der Waals surface area (Å²) in [5.41, 5.74) is 2.14. The predicted molar refractivity (Wildman–Crippen MR) is 101 cm³/mol. The molecule has 0 heterocycles. The van der Waals surface area contributed by atoms with Crippen molar-refractivity contribution in [3.05, 3.63) is 65.7 Å². The maximum absolute atomic E-state index is 11.8. The summed E-state index contributed by atoms with van der Waals surface area (Å²) in [5.74, 6) is 1.51. The average Bonchev–Trinajstić information content (AvgIpc) is 2.64. The molecule has 0 unspecified atom stereocenters. The van der Waals surface area contributed by atoms with Crippen LogP contribution >= 0.6 is 0 Å². The van der Waals surface area contributed by atoms with Crippen molar-refractivity contribution >= 4 is 12.0 Å². The summed E-state index contributed by atoms with van der Waals surface area (Å²) in [6, 6.07) is 15.5. The molecule has 0 saturated carbocycles. The smallest absolute Gasteiger partial charge is 0.244 e. The van der Waals surface area contributed by atoms with Gasteiger partial charge in [-0.25, -0.2) is 0 Å². The number of hydrogen-bond acceptors (Lipinski definition) is 3. The largest absolute Gasteiger partial charge is 0.494 e. The van der Waals surface area contributed by atoms with Crippen LogP contribution in [0.15, 0.2) is 54.6 Å². The van der Waals surface area contributed by atoms with Crippen LogP contribution in [-0.4, -0.2) is 25.7 Å². The van der Waals surface area contributed by atoms with Gasteiger partial charge in [-0.05, 0) is 49.2 Å². The van der Waals surface area contributed by atoms with Gasteiger partial charge < -0.3 is 14.8 Å². The Hall–Kier alpha value is -2.75. The minimum atomic E-state index is -0.140. The van der Waals surface area contributed by atoms with E-state index in [0.717, 1.165) is 23.5 Å². The van der Waals surface area contributed by atoms with E-state index >= 15 is 0 Å². The van der Waals surface area contributed by atoms with Crippen LogP contribution in [0, 0.1) is 6.92 Å². The first-order valence-corrected chi connectivity index (χ1v) is 8.55. The fourth-order valence-corrected chi connectivity index (χ4v) is 2.10. The van der Waals surface area contributed by atoms with Gasteiger partial charge in [0, 0.05) is 6.08 Å². The summed E-state index contributed by atoms with van der Waals surface area (Å²) in [6.45, 7) is 5.71. The fourth-order valence-electron chi connectivity index (χ4n) is 2.10. The first-order chi connectivity index (χ1) is 12.2. The summed E-state index contributed by atoms with van der Waals surface area (Å²) in [6.07, 6.45) is 4.28. The molecule has 0 aliphatic rings. The van der Waals surface area contributed by atoms with Crippen molar-refractivity contribution < 1.29 is 14.3 Å². The maximum Gasteiger partial charge on any atom is 0.244 e. The van der Waals surface area contributed by atoms with Crippen LogP contribution in [0.25, 0.3) is 6.08 Å². The number of aryl methyl sites for hydroxylation is 1. The highest BCUT2D eigenvalue weighted by Crippen LogP contribution is 2.13. The van der Waals surface area contributed by atoms with Gasteiger partial charge in [-0.1, -0.05) is 36.8 Å². The monoisotopic (exact) mass is 339 g/mol. The molecular formula is C21H25NO3. The first-order valence-electron chi connectivity index (χ1n) is 8.55. The highest BCUT2D eigenvalue weighted by molar-refractivity contribution is 5.91. The minimum absolute atomic E-state index is 0.140. The molecule has 0 aromatic heterocycles. The molecule has 0 bridgehead atoms. The van der Waals surface area contributed by atoms with Gasteiger partial charge in [-0.15, -0.1) is 0 Å². The second-order valence-corrected chi connectivity index (χ2v) is 5.70. The number of rotatable bonds is 9. The van der Waals surface area contributed by atoms with E-state index in [4.69, 9.17) is 9.47 Å². The van der Waals surface area contributed by atoms with Gasteiger partial charge in [0.05, 0.1) is 13.2 Å². The summed E-state index contributed by atoms with van der Waals surface area (Å²) < 4.78 is 11.1. The Labute approximate surface area is 149 Å². The van der Waals surface area contributed by atoms with E-state index in [-0.39, 0.29) is 5.91 Å². The zero-order valence-corrected chi connectivity index (χ0v) is 14.8. The van der Waals surface area contributed by atoms with Crippen molar-refractivity contribution in [2.75, 3.05) is 19.8 Å². The predicted octanol–water partition coefficient (Wildman–Crippen LogP) is 3.99. The van der Waals surface area contributed by atoms with Crippen LogP contribution in [-0.2, 0) is 4.79 Å². The molecule has 0 atom stereocenters. The topological polar surface area (TPSA) is 47.6 Å². The first kappa shape index (κ1) is 18.6. The van der Waals surface area contributed by atoms with E-state index in [2.05, 4.69) is 12.2 Å². The standard InChI is InChI=1S/C21H25NO3/c1-3-15-24-20-11-6-18(7-12-20)8-13-21(23)22-14-16-25-19-9-4-17(2)5-10-19/h4-13H,3,14-16H2,1-2H3,(H,22,23)/b13-8+. The van der Waals surface area contributed by atoms with Gasteiger partial charge >= 0.3 is 0 Å². The van der Waals surface area contributed by atoms with E-state index < -0.39 is 0 Å². The van der Waals surface area contributed by atoms with E-state index in [1.54, 1.807) is 6.08 Å². The van der Waals surface area contributed by atoms with Crippen LogP contribution in [0.3, 0.4) is 0 Å². The van der Waals surface area contributed by atoms with Crippen LogP contribution in [0.2, 0.25) is 0 Å².